The van der Waals surface area contributed by atoms with Gasteiger partial charge in [0.1, 0.15) is 0 Å². The topological polar surface area (TPSA) is 0 Å². The van der Waals surface area contributed by atoms with Crippen LogP contribution >= 0.6 is 0 Å². The smallest absolute Gasteiger partial charge is 0.0287 e. The Balaban J connectivity index is 4.77. The normalized spacial score (nSPS) is 13.2. The first-order chi connectivity index (χ1) is 8.04. The van der Waals surface area contributed by atoms with Gasteiger partial charge in [0.2, 0.25) is 0 Å². The van der Waals surface area contributed by atoms with Gasteiger partial charge in [-0.1, -0.05) is 68.9 Å². The molecule has 0 aromatic rings. The van der Waals surface area contributed by atoms with Gasteiger partial charge in [0, 0.05) is 0 Å². The molecule has 17 heavy (non-hydrogen) atoms. The summed E-state index contributed by atoms with van der Waals surface area (Å²) in [6, 6.07) is 0. The highest BCUT2D eigenvalue weighted by molar-refractivity contribution is 5.40. The fourth-order valence-electron chi connectivity index (χ4n) is 1.57. The van der Waals surface area contributed by atoms with E-state index in [2.05, 4.69) is 65.2 Å². The summed E-state index contributed by atoms with van der Waals surface area (Å²) in [5, 5.41) is 0. The molecule has 0 spiro atoms. The Morgan fingerprint density at radius 1 is 1.12 bits per heavy atom. The lowest BCUT2D eigenvalue weighted by Gasteiger charge is -2.04. The van der Waals surface area contributed by atoms with E-state index in [1.165, 1.54) is 16.7 Å². The van der Waals surface area contributed by atoms with Gasteiger partial charge in [-0.15, -0.1) is 0 Å². The molecule has 0 heterocycles. The van der Waals surface area contributed by atoms with Gasteiger partial charge in [-0.2, -0.15) is 0 Å². The van der Waals surface area contributed by atoms with E-state index < -0.39 is 0 Å². The molecule has 0 fully saturated rings. The summed E-state index contributed by atoms with van der Waals surface area (Å²) in [4.78, 5) is 0. The summed E-state index contributed by atoms with van der Waals surface area (Å²) < 4.78 is 0. The van der Waals surface area contributed by atoms with Gasteiger partial charge in [-0.3, -0.25) is 0 Å². The molecule has 0 radical (unpaired) electrons. The van der Waals surface area contributed by atoms with E-state index >= 15 is 0 Å². The number of allylic oxidation sites excluding steroid dienone is 8. The molecule has 0 saturated carbocycles. The van der Waals surface area contributed by atoms with Crippen molar-refractivity contribution in [1.82, 2.24) is 0 Å². The van der Waals surface area contributed by atoms with Gasteiger partial charge in [0.25, 0.3) is 0 Å². The van der Waals surface area contributed by atoms with E-state index in [9.17, 15) is 0 Å². The van der Waals surface area contributed by atoms with Crippen molar-refractivity contribution in [3.8, 4) is 0 Å². The molecule has 0 aromatic carbocycles. The third-order valence-electron chi connectivity index (χ3n) is 2.69. The first kappa shape index (κ1) is 15.7. The summed E-state index contributed by atoms with van der Waals surface area (Å²) in [7, 11) is 0. The summed E-state index contributed by atoms with van der Waals surface area (Å²) in [6.45, 7) is 16.5. The molecule has 94 valence electrons. The second-order valence-corrected chi connectivity index (χ2v) is 4.33. The highest BCUT2D eigenvalue weighted by Crippen LogP contribution is 2.15. The zero-order valence-corrected chi connectivity index (χ0v) is 11.8. The Hall–Kier alpha value is -1.30. The molecule has 0 rings (SSSR count). The van der Waals surface area contributed by atoms with Gasteiger partial charge in [0.05, 0.1) is 0 Å². The lowest BCUT2D eigenvalue weighted by atomic mass is 10.0. The molecule has 0 aliphatic rings. The van der Waals surface area contributed by atoms with Crippen LogP contribution in [-0.2, 0) is 0 Å². The first-order valence-electron chi connectivity index (χ1n) is 6.43. The minimum absolute atomic E-state index is 1.02. The summed E-state index contributed by atoms with van der Waals surface area (Å²) in [6.07, 6.45) is 11.8. The van der Waals surface area contributed by atoms with Crippen LogP contribution in [0.25, 0.3) is 0 Å². The maximum absolute atomic E-state index is 4.03. The molecule has 0 N–H and O–H groups in total. The van der Waals surface area contributed by atoms with Crippen LogP contribution in [0.5, 0.6) is 0 Å². The second kappa shape index (κ2) is 8.81. The van der Waals surface area contributed by atoms with E-state index in [0.717, 1.165) is 24.8 Å². The van der Waals surface area contributed by atoms with Crippen molar-refractivity contribution in [3.63, 3.8) is 0 Å². The minimum Gasteiger partial charge on any atom is -0.0958 e. The van der Waals surface area contributed by atoms with Crippen molar-refractivity contribution >= 4 is 0 Å². The van der Waals surface area contributed by atoms with Crippen molar-refractivity contribution in [1.29, 1.82) is 0 Å². The van der Waals surface area contributed by atoms with E-state index in [4.69, 9.17) is 0 Å². The molecule has 0 unspecified atom stereocenters. The van der Waals surface area contributed by atoms with Crippen molar-refractivity contribution in [2.24, 2.45) is 0 Å². The molecule has 0 aliphatic carbocycles. The third kappa shape index (κ3) is 6.78. The SMILES string of the molecule is C=C(/C=C/C(=C/C)/C=C(/CC)C(=C)C)CCC. The van der Waals surface area contributed by atoms with Crippen LogP contribution < -0.4 is 0 Å². The molecule has 0 heteroatoms. The van der Waals surface area contributed by atoms with Gasteiger partial charge in [-0.25, -0.2) is 0 Å². The van der Waals surface area contributed by atoms with Crippen LogP contribution in [0.3, 0.4) is 0 Å². The van der Waals surface area contributed by atoms with Crippen LogP contribution in [0, 0.1) is 0 Å². The van der Waals surface area contributed by atoms with Gasteiger partial charge in [-0.05, 0) is 37.8 Å². The third-order valence-corrected chi connectivity index (χ3v) is 2.69. The Kier molecular flexibility index (Phi) is 8.13. The van der Waals surface area contributed by atoms with Crippen LogP contribution in [0.15, 0.2) is 59.8 Å². The van der Waals surface area contributed by atoms with Crippen LogP contribution in [0.2, 0.25) is 0 Å². The van der Waals surface area contributed by atoms with Crippen LogP contribution in [0.1, 0.15) is 47.0 Å². The van der Waals surface area contributed by atoms with E-state index in [1.807, 2.05) is 0 Å². The van der Waals surface area contributed by atoms with Crippen molar-refractivity contribution < 1.29 is 0 Å². The van der Waals surface area contributed by atoms with Gasteiger partial charge < -0.3 is 0 Å². The van der Waals surface area contributed by atoms with E-state index in [0.29, 0.717) is 0 Å². The Labute approximate surface area is 107 Å². The second-order valence-electron chi connectivity index (χ2n) is 4.33. The highest BCUT2D eigenvalue weighted by atomic mass is 14.0. The molecule has 0 bridgehead atoms. The standard InChI is InChI=1S/C17H26/c1-7-10-15(6)11-12-16(8-2)13-17(9-3)14(4)5/h8,11-13H,4,6-7,9-10H2,1-3,5H3/b12-11+,16-8-,17-13-. The number of hydrogen-bond donors (Lipinski definition) is 0. The summed E-state index contributed by atoms with van der Waals surface area (Å²) in [5.41, 5.74) is 4.87. The Morgan fingerprint density at radius 3 is 2.18 bits per heavy atom. The molecular weight excluding hydrogens is 204 g/mol. The van der Waals surface area contributed by atoms with Crippen molar-refractivity contribution in [2.75, 3.05) is 0 Å². The molecular formula is C17H26. The maximum atomic E-state index is 4.03. The molecule has 0 nitrogen and oxygen atoms in total. The zero-order chi connectivity index (χ0) is 13.3. The Morgan fingerprint density at radius 2 is 1.76 bits per heavy atom. The first-order valence-corrected chi connectivity index (χ1v) is 6.43. The van der Waals surface area contributed by atoms with Crippen LogP contribution in [0.4, 0.5) is 0 Å². The minimum atomic E-state index is 1.02. The quantitative estimate of drug-likeness (QED) is 0.488. The molecule has 0 aliphatic heterocycles. The maximum Gasteiger partial charge on any atom is -0.0287 e. The van der Waals surface area contributed by atoms with E-state index in [-0.39, 0.29) is 0 Å². The monoisotopic (exact) mass is 230 g/mol. The number of rotatable bonds is 7. The van der Waals surface area contributed by atoms with Gasteiger partial charge in [0.15, 0.2) is 0 Å². The van der Waals surface area contributed by atoms with E-state index in [1.54, 1.807) is 0 Å². The van der Waals surface area contributed by atoms with Crippen molar-refractivity contribution in [2.45, 2.75) is 47.0 Å². The fraction of sp³-hybridized carbons (Fsp3) is 0.412. The molecule has 0 aromatic heterocycles. The molecule has 0 atom stereocenters. The average Bonchev–Trinajstić information content (AvgIpc) is 2.29. The molecule has 0 amide bonds. The average molecular weight is 230 g/mol. The largest absolute Gasteiger partial charge is 0.0958 e. The summed E-state index contributed by atoms with van der Waals surface area (Å²) >= 11 is 0. The predicted octanol–water partition coefficient (Wildman–Crippen LogP) is 5.76. The highest BCUT2D eigenvalue weighted by Gasteiger charge is 1.95. The Bertz CT molecular complexity index is 348. The lowest BCUT2D eigenvalue weighted by Crippen LogP contribution is -1.84. The number of hydrogen-bond acceptors (Lipinski definition) is 0. The van der Waals surface area contributed by atoms with Gasteiger partial charge >= 0.3 is 0 Å². The van der Waals surface area contributed by atoms with Crippen molar-refractivity contribution in [3.05, 3.63) is 59.8 Å². The fourth-order valence-corrected chi connectivity index (χ4v) is 1.57. The predicted molar refractivity (Wildman–Crippen MR) is 80.1 cm³/mol. The lowest BCUT2D eigenvalue weighted by molar-refractivity contribution is 0.930. The van der Waals surface area contributed by atoms with Crippen LogP contribution in [-0.4, -0.2) is 0 Å². The summed E-state index contributed by atoms with van der Waals surface area (Å²) in [5.74, 6) is 0. The zero-order valence-electron chi connectivity index (χ0n) is 11.8. The molecule has 0 saturated heterocycles.